The fraction of sp³-hybridized carbons (Fsp3) is 0.0714. The predicted octanol–water partition coefficient (Wildman–Crippen LogP) is 5.29. The molecule has 0 heterocycles. The zero-order chi connectivity index (χ0) is 15.6. The topological polar surface area (TPSA) is 67.1 Å². The second-order valence-electron chi connectivity index (χ2n) is 4.39. The summed E-state index contributed by atoms with van der Waals surface area (Å²) in [5, 5.41) is 6.22. The van der Waals surface area contributed by atoms with E-state index in [1.165, 1.54) is 0 Å². The van der Waals surface area contributed by atoms with Gasteiger partial charge in [-0.1, -0.05) is 39.1 Å². The van der Waals surface area contributed by atoms with E-state index >= 15 is 0 Å². The summed E-state index contributed by atoms with van der Waals surface area (Å²) in [7, 11) is 0. The van der Waals surface area contributed by atoms with Crippen LogP contribution in [-0.2, 0) is 0 Å². The summed E-state index contributed by atoms with van der Waals surface area (Å²) in [5.74, 6) is 0. The summed E-state index contributed by atoms with van der Waals surface area (Å²) >= 11 is 15.2. The van der Waals surface area contributed by atoms with E-state index < -0.39 is 6.03 Å². The van der Waals surface area contributed by atoms with E-state index in [1.54, 1.807) is 24.3 Å². The number of anilines is 3. The third-order valence-corrected chi connectivity index (χ3v) is 3.77. The van der Waals surface area contributed by atoms with Gasteiger partial charge < -0.3 is 16.4 Å². The van der Waals surface area contributed by atoms with Crippen LogP contribution in [0.1, 0.15) is 5.56 Å². The zero-order valence-corrected chi connectivity index (χ0v) is 14.1. The van der Waals surface area contributed by atoms with Gasteiger partial charge in [0.15, 0.2) is 0 Å². The molecule has 0 bridgehead atoms. The Morgan fingerprint density at radius 3 is 2.57 bits per heavy atom. The van der Waals surface area contributed by atoms with Gasteiger partial charge in [0.1, 0.15) is 0 Å². The van der Waals surface area contributed by atoms with Crippen LogP contribution in [-0.4, -0.2) is 6.03 Å². The molecule has 110 valence electrons. The average molecular weight is 389 g/mol. The number of hydrogen-bond donors (Lipinski definition) is 3. The van der Waals surface area contributed by atoms with Crippen LogP contribution < -0.4 is 16.4 Å². The van der Waals surface area contributed by atoms with Crippen LogP contribution in [0.15, 0.2) is 34.8 Å². The summed E-state index contributed by atoms with van der Waals surface area (Å²) in [6, 6.07) is 7.95. The number of aryl methyl sites for hydroxylation is 1. The molecule has 0 aromatic heterocycles. The molecule has 2 rings (SSSR count). The Balaban J connectivity index is 2.17. The Morgan fingerprint density at radius 1 is 1.19 bits per heavy atom. The predicted molar refractivity (Wildman–Crippen MR) is 92.4 cm³/mol. The molecule has 2 aromatic carbocycles. The van der Waals surface area contributed by atoms with Crippen LogP contribution in [0.2, 0.25) is 10.0 Å². The largest absolute Gasteiger partial charge is 0.397 e. The van der Waals surface area contributed by atoms with Crippen LogP contribution in [0.4, 0.5) is 21.9 Å². The van der Waals surface area contributed by atoms with Crippen molar-refractivity contribution in [3.63, 3.8) is 0 Å². The van der Waals surface area contributed by atoms with E-state index in [2.05, 4.69) is 26.6 Å². The number of halogens is 3. The van der Waals surface area contributed by atoms with Gasteiger partial charge in [0.2, 0.25) is 0 Å². The van der Waals surface area contributed by atoms with E-state index in [1.807, 2.05) is 13.0 Å². The number of hydrogen-bond acceptors (Lipinski definition) is 2. The Kier molecular flexibility index (Phi) is 4.98. The minimum absolute atomic E-state index is 0.398. The molecule has 21 heavy (non-hydrogen) atoms. The van der Waals surface area contributed by atoms with Crippen molar-refractivity contribution >= 4 is 62.2 Å². The van der Waals surface area contributed by atoms with Crippen molar-refractivity contribution in [1.82, 2.24) is 0 Å². The van der Waals surface area contributed by atoms with Gasteiger partial charge in [-0.15, -0.1) is 0 Å². The summed E-state index contributed by atoms with van der Waals surface area (Å²) in [4.78, 5) is 12.0. The van der Waals surface area contributed by atoms with Crippen molar-refractivity contribution in [3.05, 3.63) is 50.4 Å². The molecule has 2 amide bonds. The molecule has 0 saturated heterocycles. The van der Waals surface area contributed by atoms with Gasteiger partial charge in [0, 0.05) is 9.50 Å². The fourth-order valence-corrected chi connectivity index (χ4v) is 2.73. The van der Waals surface area contributed by atoms with Gasteiger partial charge in [0.25, 0.3) is 0 Å². The van der Waals surface area contributed by atoms with Crippen LogP contribution in [0, 0.1) is 6.92 Å². The molecule has 0 aliphatic carbocycles. The van der Waals surface area contributed by atoms with Crippen LogP contribution in [0.3, 0.4) is 0 Å². The molecule has 0 fully saturated rings. The zero-order valence-electron chi connectivity index (χ0n) is 11.0. The van der Waals surface area contributed by atoms with E-state index in [0.717, 1.165) is 10.0 Å². The van der Waals surface area contributed by atoms with Crippen LogP contribution in [0.25, 0.3) is 0 Å². The second kappa shape index (κ2) is 6.56. The number of rotatable bonds is 2. The van der Waals surface area contributed by atoms with Crippen molar-refractivity contribution in [2.75, 3.05) is 16.4 Å². The van der Waals surface area contributed by atoms with Crippen molar-refractivity contribution in [1.29, 1.82) is 0 Å². The monoisotopic (exact) mass is 387 g/mol. The van der Waals surface area contributed by atoms with Crippen LogP contribution in [0.5, 0.6) is 0 Å². The van der Waals surface area contributed by atoms with E-state index in [0.29, 0.717) is 27.1 Å². The fourth-order valence-electron chi connectivity index (χ4n) is 1.80. The van der Waals surface area contributed by atoms with Gasteiger partial charge in [-0.3, -0.25) is 0 Å². The highest BCUT2D eigenvalue weighted by molar-refractivity contribution is 9.10. The number of nitrogen functional groups attached to an aromatic ring is 1. The molecule has 0 aliphatic heterocycles. The number of urea groups is 1. The van der Waals surface area contributed by atoms with Gasteiger partial charge in [0.05, 0.1) is 22.1 Å². The highest BCUT2D eigenvalue weighted by atomic mass is 79.9. The summed E-state index contributed by atoms with van der Waals surface area (Å²) < 4.78 is 0.848. The molecule has 0 saturated carbocycles. The number of benzene rings is 2. The quantitative estimate of drug-likeness (QED) is 0.611. The highest BCUT2D eigenvalue weighted by Crippen LogP contribution is 2.29. The lowest BCUT2D eigenvalue weighted by atomic mass is 10.1. The van der Waals surface area contributed by atoms with Crippen molar-refractivity contribution < 1.29 is 4.79 Å². The van der Waals surface area contributed by atoms with Gasteiger partial charge >= 0.3 is 6.03 Å². The Morgan fingerprint density at radius 2 is 1.90 bits per heavy atom. The maximum absolute atomic E-state index is 12.0. The second-order valence-corrected chi connectivity index (χ2v) is 6.15. The molecule has 4 N–H and O–H groups in total. The minimum Gasteiger partial charge on any atom is -0.397 e. The smallest absolute Gasteiger partial charge is 0.323 e. The third kappa shape index (κ3) is 4.03. The Hall–Kier alpha value is -1.43. The first-order valence-corrected chi connectivity index (χ1v) is 7.50. The van der Waals surface area contributed by atoms with Gasteiger partial charge in [-0.2, -0.15) is 0 Å². The van der Waals surface area contributed by atoms with Crippen molar-refractivity contribution in [3.8, 4) is 0 Å². The lowest BCUT2D eigenvalue weighted by Crippen LogP contribution is -2.21. The lowest BCUT2D eigenvalue weighted by Gasteiger charge is -2.13. The molecule has 0 radical (unpaired) electrons. The number of carbonyl (C=O) groups excluding carboxylic acids is 1. The van der Waals surface area contributed by atoms with E-state index in [9.17, 15) is 4.79 Å². The van der Waals surface area contributed by atoms with Gasteiger partial charge in [-0.05, 0) is 42.8 Å². The molecule has 7 heteroatoms. The first-order valence-electron chi connectivity index (χ1n) is 5.95. The molecular weight excluding hydrogens is 377 g/mol. The summed E-state index contributed by atoms with van der Waals surface area (Å²) in [6.07, 6.45) is 0. The molecular formula is C14H12BrCl2N3O. The molecule has 2 aromatic rings. The van der Waals surface area contributed by atoms with Crippen molar-refractivity contribution in [2.24, 2.45) is 0 Å². The highest BCUT2D eigenvalue weighted by Gasteiger charge is 2.11. The number of amides is 2. The first kappa shape index (κ1) is 15.9. The molecule has 4 nitrogen and oxygen atoms in total. The Bertz CT molecular complexity index is 684. The van der Waals surface area contributed by atoms with E-state index in [4.69, 9.17) is 28.9 Å². The lowest BCUT2D eigenvalue weighted by molar-refractivity contribution is 0.262. The average Bonchev–Trinajstić information content (AvgIpc) is 2.38. The Labute approximate surface area is 140 Å². The van der Waals surface area contributed by atoms with Crippen molar-refractivity contribution in [2.45, 2.75) is 6.92 Å². The minimum atomic E-state index is -0.448. The summed E-state index contributed by atoms with van der Waals surface area (Å²) in [6.45, 7) is 1.85. The molecule has 0 unspecified atom stereocenters. The summed E-state index contributed by atoms with van der Waals surface area (Å²) in [5.41, 5.74) is 8.18. The normalized spacial score (nSPS) is 10.3. The maximum atomic E-state index is 12.0. The third-order valence-electron chi connectivity index (χ3n) is 2.75. The maximum Gasteiger partial charge on any atom is 0.323 e. The molecule has 0 aliphatic rings. The van der Waals surface area contributed by atoms with Crippen LogP contribution >= 0.6 is 39.1 Å². The van der Waals surface area contributed by atoms with Gasteiger partial charge in [-0.25, -0.2) is 4.79 Å². The number of nitrogens with one attached hydrogen (secondary N) is 2. The van der Waals surface area contributed by atoms with E-state index in [-0.39, 0.29) is 0 Å². The molecule has 0 spiro atoms. The SMILES string of the molecule is Cc1cc(Br)cc(N)c1NC(=O)Nc1cc(Cl)ccc1Cl. The number of nitrogens with two attached hydrogens (primary N) is 1. The number of carbonyl (C=O) groups is 1. The standard InChI is InChI=1S/C14H12BrCl2N3O/c1-7-4-8(15)5-11(18)13(7)20-14(21)19-12-6-9(16)2-3-10(12)17/h2-6H,18H2,1H3,(H2,19,20,21). The first-order chi connectivity index (χ1) is 9.86. The molecule has 0 atom stereocenters.